The molecule has 1 aliphatic rings. The molecule has 1 saturated heterocycles. The van der Waals surface area contributed by atoms with Crippen LogP contribution in [0.1, 0.15) is 15.9 Å². The van der Waals surface area contributed by atoms with E-state index in [-0.39, 0.29) is 24.4 Å². The van der Waals surface area contributed by atoms with E-state index in [0.29, 0.717) is 30.0 Å². The number of rotatable bonds is 4. The van der Waals surface area contributed by atoms with E-state index in [0.717, 1.165) is 0 Å². The van der Waals surface area contributed by atoms with Crippen LogP contribution >= 0.6 is 0 Å². The number of cyclic esters (lactones) is 1. The second kappa shape index (κ2) is 6.48. The monoisotopic (exact) mass is 314 g/mol. The molecule has 2 aromatic rings. The molecule has 2 amide bonds. The van der Waals surface area contributed by atoms with E-state index in [9.17, 15) is 14.0 Å². The van der Waals surface area contributed by atoms with Gasteiger partial charge in [-0.05, 0) is 30.3 Å². The highest BCUT2D eigenvalue weighted by Crippen LogP contribution is 2.19. The second-order valence-electron chi connectivity index (χ2n) is 5.09. The quantitative estimate of drug-likeness (QED) is 0.944. The van der Waals surface area contributed by atoms with E-state index >= 15 is 0 Å². The number of anilines is 1. The van der Waals surface area contributed by atoms with Crippen LogP contribution in [0.4, 0.5) is 14.9 Å². The summed E-state index contributed by atoms with van der Waals surface area (Å²) < 4.78 is 18.4. The molecular formula is C17H15FN2O3. The number of hydrogen-bond acceptors (Lipinski definition) is 3. The molecule has 0 spiro atoms. The molecule has 3 rings (SSSR count). The van der Waals surface area contributed by atoms with E-state index in [4.69, 9.17) is 4.74 Å². The summed E-state index contributed by atoms with van der Waals surface area (Å²) in [6.07, 6.45) is -0.387. The predicted molar refractivity (Wildman–Crippen MR) is 82.7 cm³/mol. The van der Waals surface area contributed by atoms with Gasteiger partial charge in [-0.25, -0.2) is 9.18 Å². The summed E-state index contributed by atoms with van der Waals surface area (Å²) in [7, 11) is 0. The molecule has 0 radical (unpaired) electrons. The topological polar surface area (TPSA) is 58.6 Å². The standard InChI is InChI=1S/C17H15FN2O3/c18-15-4-2-1-3-13(15)11-19-16(21)12-5-7-14(8-6-12)20-9-10-23-17(20)22/h1-8H,9-11H2,(H,19,21). The van der Waals surface area contributed by atoms with Crippen molar-refractivity contribution in [2.24, 2.45) is 0 Å². The molecule has 2 aromatic carbocycles. The van der Waals surface area contributed by atoms with Crippen LogP contribution in [0, 0.1) is 5.82 Å². The Morgan fingerprint density at radius 3 is 2.57 bits per heavy atom. The van der Waals surface area contributed by atoms with Gasteiger partial charge in [0, 0.05) is 23.4 Å². The third-order valence-corrected chi connectivity index (χ3v) is 3.60. The van der Waals surface area contributed by atoms with Gasteiger partial charge in [-0.1, -0.05) is 18.2 Å². The van der Waals surface area contributed by atoms with E-state index in [2.05, 4.69) is 5.32 Å². The van der Waals surface area contributed by atoms with Crippen molar-refractivity contribution < 1.29 is 18.7 Å². The van der Waals surface area contributed by atoms with Crippen LogP contribution in [-0.2, 0) is 11.3 Å². The average molecular weight is 314 g/mol. The maximum Gasteiger partial charge on any atom is 0.414 e. The smallest absolute Gasteiger partial charge is 0.414 e. The fraction of sp³-hybridized carbons (Fsp3) is 0.176. The molecule has 1 N–H and O–H groups in total. The third kappa shape index (κ3) is 3.31. The molecule has 0 aromatic heterocycles. The zero-order valence-corrected chi connectivity index (χ0v) is 12.3. The van der Waals surface area contributed by atoms with Gasteiger partial charge in [0.25, 0.3) is 5.91 Å². The first kappa shape index (κ1) is 15.0. The average Bonchev–Trinajstić information content (AvgIpc) is 3.00. The van der Waals surface area contributed by atoms with Gasteiger partial charge in [0.2, 0.25) is 0 Å². The Morgan fingerprint density at radius 2 is 1.91 bits per heavy atom. The molecule has 6 heteroatoms. The Kier molecular flexibility index (Phi) is 4.23. The molecule has 0 bridgehead atoms. The first-order chi connectivity index (χ1) is 11.1. The molecule has 1 aliphatic heterocycles. The van der Waals surface area contributed by atoms with Crippen molar-refractivity contribution in [2.75, 3.05) is 18.1 Å². The van der Waals surface area contributed by atoms with Crippen LogP contribution in [0.25, 0.3) is 0 Å². The highest BCUT2D eigenvalue weighted by atomic mass is 19.1. The van der Waals surface area contributed by atoms with Crippen molar-refractivity contribution in [3.8, 4) is 0 Å². The van der Waals surface area contributed by atoms with Gasteiger partial charge in [-0.3, -0.25) is 9.69 Å². The molecule has 0 aliphatic carbocycles. The van der Waals surface area contributed by atoms with Gasteiger partial charge >= 0.3 is 6.09 Å². The van der Waals surface area contributed by atoms with E-state index in [1.165, 1.54) is 11.0 Å². The van der Waals surface area contributed by atoms with Crippen LogP contribution in [0.5, 0.6) is 0 Å². The summed E-state index contributed by atoms with van der Waals surface area (Å²) in [4.78, 5) is 25.1. The van der Waals surface area contributed by atoms with Crippen LogP contribution < -0.4 is 10.2 Å². The molecular weight excluding hydrogens is 299 g/mol. The molecule has 23 heavy (non-hydrogen) atoms. The van der Waals surface area contributed by atoms with Crippen molar-refractivity contribution >= 4 is 17.7 Å². The number of carbonyl (C=O) groups is 2. The van der Waals surface area contributed by atoms with Crippen molar-refractivity contribution in [1.29, 1.82) is 0 Å². The molecule has 1 heterocycles. The first-order valence-corrected chi connectivity index (χ1v) is 7.21. The predicted octanol–water partition coefficient (Wildman–Crippen LogP) is 2.71. The molecule has 118 valence electrons. The number of ether oxygens (including phenoxy) is 1. The van der Waals surface area contributed by atoms with Crippen molar-refractivity contribution in [3.63, 3.8) is 0 Å². The van der Waals surface area contributed by atoms with E-state index in [1.807, 2.05) is 0 Å². The lowest BCUT2D eigenvalue weighted by Gasteiger charge is -2.13. The SMILES string of the molecule is O=C(NCc1ccccc1F)c1ccc(N2CCOC2=O)cc1. The summed E-state index contributed by atoms with van der Waals surface area (Å²) in [5.41, 5.74) is 1.55. The van der Waals surface area contributed by atoms with Gasteiger partial charge in [0.1, 0.15) is 12.4 Å². The Labute approximate surface area is 132 Å². The minimum atomic E-state index is -0.387. The Morgan fingerprint density at radius 1 is 1.17 bits per heavy atom. The molecule has 0 atom stereocenters. The van der Waals surface area contributed by atoms with Gasteiger partial charge in [0.15, 0.2) is 0 Å². The third-order valence-electron chi connectivity index (χ3n) is 3.60. The summed E-state index contributed by atoms with van der Waals surface area (Å²) in [6.45, 7) is 0.979. The lowest BCUT2D eigenvalue weighted by atomic mass is 10.1. The number of benzene rings is 2. The Bertz CT molecular complexity index is 731. The summed E-state index contributed by atoms with van der Waals surface area (Å²) in [6, 6.07) is 12.9. The van der Waals surface area contributed by atoms with Crippen LogP contribution in [0.2, 0.25) is 0 Å². The van der Waals surface area contributed by atoms with Crippen LogP contribution in [-0.4, -0.2) is 25.2 Å². The van der Waals surface area contributed by atoms with Gasteiger partial charge < -0.3 is 10.1 Å². The maximum absolute atomic E-state index is 13.5. The zero-order valence-electron chi connectivity index (χ0n) is 12.3. The number of amides is 2. The zero-order chi connectivity index (χ0) is 16.2. The lowest BCUT2D eigenvalue weighted by Crippen LogP contribution is -2.25. The van der Waals surface area contributed by atoms with Crippen LogP contribution in [0.3, 0.4) is 0 Å². The minimum Gasteiger partial charge on any atom is -0.447 e. The fourth-order valence-corrected chi connectivity index (χ4v) is 2.34. The highest BCUT2D eigenvalue weighted by Gasteiger charge is 2.23. The normalized spacial score (nSPS) is 13.8. The number of hydrogen-bond donors (Lipinski definition) is 1. The highest BCUT2D eigenvalue weighted by molar-refractivity contribution is 5.95. The number of halogens is 1. The minimum absolute atomic E-state index is 0.117. The van der Waals surface area contributed by atoms with Gasteiger partial charge in [-0.2, -0.15) is 0 Å². The summed E-state index contributed by atoms with van der Waals surface area (Å²) >= 11 is 0. The lowest BCUT2D eigenvalue weighted by molar-refractivity contribution is 0.0950. The molecule has 1 fully saturated rings. The Hall–Kier alpha value is -2.89. The first-order valence-electron chi connectivity index (χ1n) is 7.21. The number of nitrogens with zero attached hydrogens (tertiary/aromatic N) is 1. The second-order valence-corrected chi connectivity index (χ2v) is 5.09. The van der Waals surface area contributed by atoms with Crippen molar-refractivity contribution in [1.82, 2.24) is 5.32 Å². The van der Waals surface area contributed by atoms with E-state index < -0.39 is 0 Å². The van der Waals surface area contributed by atoms with Gasteiger partial charge in [0.05, 0.1) is 6.54 Å². The summed E-state index contributed by atoms with van der Waals surface area (Å²) in [5, 5.41) is 2.67. The number of nitrogens with one attached hydrogen (secondary N) is 1. The van der Waals surface area contributed by atoms with Crippen molar-refractivity contribution in [2.45, 2.75) is 6.54 Å². The molecule has 5 nitrogen and oxygen atoms in total. The van der Waals surface area contributed by atoms with E-state index in [1.54, 1.807) is 42.5 Å². The molecule has 0 unspecified atom stereocenters. The summed E-state index contributed by atoms with van der Waals surface area (Å²) in [5.74, 6) is -0.653. The maximum atomic E-state index is 13.5. The number of carbonyl (C=O) groups excluding carboxylic acids is 2. The largest absolute Gasteiger partial charge is 0.447 e. The van der Waals surface area contributed by atoms with Crippen LogP contribution in [0.15, 0.2) is 48.5 Å². The fourth-order valence-electron chi connectivity index (χ4n) is 2.34. The Balaban J connectivity index is 1.64. The van der Waals surface area contributed by atoms with Crippen molar-refractivity contribution in [3.05, 3.63) is 65.5 Å². The van der Waals surface area contributed by atoms with Gasteiger partial charge in [-0.15, -0.1) is 0 Å². The molecule has 0 saturated carbocycles.